The van der Waals surface area contributed by atoms with Crippen molar-refractivity contribution in [3.63, 3.8) is 0 Å². The maximum Gasteiger partial charge on any atom is 0.261 e. The number of rotatable bonds is 7. The van der Waals surface area contributed by atoms with E-state index >= 15 is 0 Å². The SMILES string of the molecule is CC#CN=C(C[N+](=O)[O-])NCCSCc1nc[nH]c1C. The Labute approximate surface area is 121 Å². The quantitative estimate of drug-likeness (QED) is 0.197. The molecule has 0 fully saturated rings. The molecule has 0 spiro atoms. The van der Waals surface area contributed by atoms with Crippen molar-refractivity contribution >= 4 is 17.6 Å². The van der Waals surface area contributed by atoms with Crippen molar-refractivity contribution in [3.05, 3.63) is 27.8 Å². The molecule has 1 heterocycles. The number of H-pyrrole nitrogens is 1. The van der Waals surface area contributed by atoms with Gasteiger partial charge in [-0.2, -0.15) is 16.8 Å². The molecule has 0 aliphatic rings. The number of aryl methyl sites for hydroxylation is 1. The Hall–Kier alpha value is -2.01. The molecule has 0 bridgehead atoms. The van der Waals surface area contributed by atoms with Crippen LogP contribution in [0.15, 0.2) is 11.3 Å². The third-order valence-electron chi connectivity index (χ3n) is 2.33. The lowest BCUT2D eigenvalue weighted by molar-refractivity contribution is -0.463. The van der Waals surface area contributed by atoms with Crippen LogP contribution in [0, 0.1) is 29.0 Å². The normalized spacial score (nSPS) is 10.8. The van der Waals surface area contributed by atoms with Crippen molar-refractivity contribution < 1.29 is 4.92 Å². The molecule has 0 aliphatic carbocycles. The van der Waals surface area contributed by atoms with Gasteiger partial charge in [0.1, 0.15) is 0 Å². The summed E-state index contributed by atoms with van der Waals surface area (Å²) in [5, 5.41) is 13.4. The number of aliphatic imine (C=N–C) groups is 1. The average Bonchev–Trinajstić information content (AvgIpc) is 2.80. The topological polar surface area (TPSA) is 96.2 Å². The third-order valence-corrected chi connectivity index (χ3v) is 3.30. The molecule has 8 heteroatoms. The second-order valence-electron chi connectivity index (χ2n) is 3.86. The number of aromatic nitrogens is 2. The van der Waals surface area contributed by atoms with Crippen LogP contribution in [-0.2, 0) is 5.75 Å². The summed E-state index contributed by atoms with van der Waals surface area (Å²) in [6.45, 7) is 3.88. The van der Waals surface area contributed by atoms with E-state index in [-0.39, 0.29) is 6.54 Å². The first kappa shape index (κ1) is 16.0. The zero-order valence-electron chi connectivity index (χ0n) is 11.5. The maximum atomic E-state index is 10.5. The minimum absolute atomic E-state index is 0.293. The molecule has 0 saturated heterocycles. The van der Waals surface area contributed by atoms with Crippen LogP contribution in [0.25, 0.3) is 0 Å². The van der Waals surface area contributed by atoms with E-state index in [4.69, 9.17) is 0 Å². The van der Waals surface area contributed by atoms with Crippen LogP contribution in [0.2, 0.25) is 0 Å². The molecule has 2 N–H and O–H groups in total. The molecule has 7 nitrogen and oxygen atoms in total. The minimum atomic E-state index is -0.427. The number of nitro groups is 1. The number of imidazole rings is 1. The summed E-state index contributed by atoms with van der Waals surface area (Å²) in [4.78, 5) is 21.1. The van der Waals surface area contributed by atoms with E-state index in [0.717, 1.165) is 22.9 Å². The van der Waals surface area contributed by atoms with Crippen LogP contribution < -0.4 is 5.32 Å². The second kappa shape index (κ2) is 8.98. The molecule has 0 radical (unpaired) electrons. The second-order valence-corrected chi connectivity index (χ2v) is 4.97. The van der Waals surface area contributed by atoms with Crippen LogP contribution in [0.3, 0.4) is 0 Å². The van der Waals surface area contributed by atoms with Crippen molar-refractivity contribution in [2.45, 2.75) is 19.6 Å². The first-order valence-corrected chi connectivity index (χ1v) is 7.19. The maximum absolute atomic E-state index is 10.5. The van der Waals surface area contributed by atoms with Gasteiger partial charge in [-0.15, -0.1) is 0 Å². The van der Waals surface area contributed by atoms with E-state index in [1.54, 1.807) is 25.0 Å². The molecule has 0 unspecified atom stereocenters. The number of amidine groups is 1. The Morgan fingerprint density at radius 3 is 3.10 bits per heavy atom. The first-order valence-electron chi connectivity index (χ1n) is 6.04. The van der Waals surface area contributed by atoms with Gasteiger partial charge in [0.25, 0.3) is 6.54 Å². The molecule has 0 saturated carbocycles. The summed E-state index contributed by atoms with van der Waals surface area (Å²) in [6.07, 6.45) is 1.68. The molecule has 1 rings (SSSR count). The number of hydrogen-bond donors (Lipinski definition) is 2. The van der Waals surface area contributed by atoms with Crippen LogP contribution in [0.4, 0.5) is 0 Å². The zero-order chi connectivity index (χ0) is 14.8. The minimum Gasteiger partial charge on any atom is -0.367 e. The predicted octanol–water partition coefficient (Wildman–Crippen LogP) is 1.20. The van der Waals surface area contributed by atoms with Crippen molar-refractivity contribution in [1.82, 2.24) is 15.3 Å². The number of aromatic amines is 1. The molecule has 1 aromatic heterocycles. The van der Waals surface area contributed by atoms with Gasteiger partial charge in [-0.3, -0.25) is 10.1 Å². The standard InChI is InChI=1S/C12H17N5O2S/c1-3-4-13-12(7-17(18)19)14-5-6-20-8-11-10(2)15-9-16-11/h9H,5-8H2,1-2H3,(H,13,14)(H,15,16). The summed E-state index contributed by atoms with van der Waals surface area (Å²) in [6, 6.07) is 2.47. The number of nitrogens with zero attached hydrogens (tertiary/aromatic N) is 3. The van der Waals surface area contributed by atoms with Crippen molar-refractivity contribution in [3.8, 4) is 12.0 Å². The molecule has 0 aromatic carbocycles. The molecule has 1 aromatic rings. The number of thioether (sulfide) groups is 1. The Morgan fingerprint density at radius 2 is 2.50 bits per heavy atom. The smallest absolute Gasteiger partial charge is 0.261 e. The van der Waals surface area contributed by atoms with Crippen LogP contribution in [0.1, 0.15) is 18.3 Å². The monoisotopic (exact) mass is 295 g/mol. The average molecular weight is 295 g/mol. The zero-order valence-corrected chi connectivity index (χ0v) is 12.3. The Balaban J connectivity index is 2.28. The van der Waals surface area contributed by atoms with Gasteiger partial charge >= 0.3 is 0 Å². The lowest BCUT2D eigenvalue weighted by atomic mass is 10.4. The summed E-state index contributed by atoms with van der Waals surface area (Å²) >= 11 is 1.70. The Morgan fingerprint density at radius 1 is 1.70 bits per heavy atom. The molecule has 0 atom stereocenters. The van der Waals surface area contributed by atoms with E-state index in [1.807, 2.05) is 6.92 Å². The van der Waals surface area contributed by atoms with Crippen molar-refractivity contribution in [2.24, 2.45) is 4.99 Å². The van der Waals surface area contributed by atoms with E-state index in [0.29, 0.717) is 12.4 Å². The fourth-order valence-corrected chi connectivity index (χ4v) is 2.22. The lowest BCUT2D eigenvalue weighted by Crippen LogP contribution is -2.31. The fourth-order valence-electron chi connectivity index (χ4n) is 1.35. The highest BCUT2D eigenvalue weighted by atomic mass is 32.2. The van der Waals surface area contributed by atoms with E-state index in [1.165, 1.54) is 0 Å². The van der Waals surface area contributed by atoms with Gasteiger partial charge in [-0.05, 0) is 13.8 Å². The highest BCUT2D eigenvalue weighted by Gasteiger charge is 2.06. The van der Waals surface area contributed by atoms with Crippen molar-refractivity contribution in [1.29, 1.82) is 0 Å². The summed E-state index contributed by atoms with van der Waals surface area (Å²) < 4.78 is 0. The third kappa shape index (κ3) is 6.24. The van der Waals surface area contributed by atoms with Gasteiger partial charge in [0.05, 0.1) is 12.0 Å². The first-order chi connectivity index (χ1) is 9.63. The van der Waals surface area contributed by atoms with Gasteiger partial charge in [-0.25, -0.2) is 4.98 Å². The van der Waals surface area contributed by atoms with Gasteiger partial charge in [0, 0.05) is 34.7 Å². The summed E-state index contributed by atoms with van der Waals surface area (Å²) in [7, 11) is 0. The van der Waals surface area contributed by atoms with Gasteiger partial charge in [-0.1, -0.05) is 5.92 Å². The van der Waals surface area contributed by atoms with E-state index < -0.39 is 4.92 Å². The van der Waals surface area contributed by atoms with Gasteiger partial charge < -0.3 is 10.3 Å². The molecule has 20 heavy (non-hydrogen) atoms. The van der Waals surface area contributed by atoms with Crippen LogP contribution in [0.5, 0.6) is 0 Å². The molecular weight excluding hydrogens is 278 g/mol. The highest BCUT2D eigenvalue weighted by molar-refractivity contribution is 7.98. The Bertz CT molecular complexity index is 529. The fraction of sp³-hybridized carbons (Fsp3) is 0.500. The van der Waals surface area contributed by atoms with Crippen LogP contribution in [-0.4, -0.2) is 39.6 Å². The highest BCUT2D eigenvalue weighted by Crippen LogP contribution is 2.11. The summed E-state index contributed by atoms with van der Waals surface area (Å²) in [5.41, 5.74) is 2.10. The molecular formula is C12H17N5O2S. The van der Waals surface area contributed by atoms with Gasteiger partial charge in [0.2, 0.25) is 0 Å². The van der Waals surface area contributed by atoms with Crippen LogP contribution >= 0.6 is 11.8 Å². The van der Waals surface area contributed by atoms with E-state index in [2.05, 4.69) is 32.2 Å². The largest absolute Gasteiger partial charge is 0.367 e. The van der Waals surface area contributed by atoms with Crippen molar-refractivity contribution in [2.75, 3.05) is 18.8 Å². The summed E-state index contributed by atoms with van der Waals surface area (Å²) in [5.74, 6) is 4.49. The van der Waals surface area contributed by atoms with E-state index in [9.17, 15) is 10.1 Å². The van der Waals surface area contributed by atoms with Gasteiger partial charge in [0.15, 0.2) is 5.84 Å². The predicted molar refractivity (Wildman–Crippen MR) is 80.2 cm³/mol. The lowest BCUT2D eigenvalue weighted by Gasteiger charge is -2.05. The Kier molecular flexibility index (Phi) is 7.21. The number of nitrogens with one attached hydrogen (secondary N) is 2. The molecule has 0 aliphatic heterocycles. The molecule has 0 amide bonds. The molecule has 108 valence electrons. The number of hydrogen-bond acceptors (Lipinski definition) is 5.